The molecule has 0 saturated carbocycles. The highest BCUT2D eigenvalue weighted by Gasteiger charge is 2.45. The Bertz CT molecular complexity index is 1320. The second kappa shape index (κ2) is 34.6. The second-order valence-corrected chi connectivity index (χ2v) is 15.1. The largest absolute Gasteiger partial charge is 0.382 e. The van der Waals surface area contributed by atoms with Gasteiger partial charge >= 0.3 is 0 Å². The molecule has 0 aliphatic carbocycles. The molecule has 60 heavy (non-hydrogen) atoms. The molecule has 4 amide bonds. The fraction of sp³-hybridized carbons (Fsp3) is 0.778. The van der Waals surface area contributed by atoms with E-state index in [1.165, 1.54) is 83.5 Å². The van der Waals surface area contributed by atoms with Crippen LogP contribution < -0.4 is 10.6 Å². The Morgan fingerprint density at radius 1 is 0.533 bits per heavy atom. The lowest BCUT2D eigenvalue weighted by Gasteiger charge is -2.27. The summed E-state index contributed by atoms with van der Waals surface area (Å²) >= 11 is 0. The molecule has 2 heterocycles. The van der Waals surface area contributed by atoms with Crippen molar-refractivity contribution < 1.29 is 57.1 Å². The van der Waals surface area contributed by atoms with E-state index in [9.17, 15) is 19.2 Å². The van der Waals surface area contributed by atoms with Crippen LogP contribution in [0.25, 0.3) is 0 Å². The maximum absolute atomic E-state index is 13.2. The molecule has 15 nitrogen and oxygen atoms in total. The lowest BCUT2D eigenvalue weighted by atomic mass is 10.0. The molecule has 0 radical (unpaired) electrons. The van der Waals surface area contributed by atoms with Crippen molar-refractivity contribution in [1.82, 2.24) is 10.2 Å². The number of unbranched alkanes of at least 4 members (excludes halogenated alkanes) is 13. The number of piperidine rings is 1. The number of nitrogens with zero attached hydrogens (tertiary/aromatic N) is 1. The van der Waals surface area contributed by atoms with Crippen LogP contribution in [0.5, 0.6) is 0 Å². The van der Waals surface area contributed by atoms with Crippen molar-refractivity contribution in [3.05, 3.63) is 29.3 Å². The first-order valence-corrected chi connectivity index (χ1v) is 22.7. The number of ether oxygens (including phenoxy) is 8. The summed E-state index contributed by atoms with van der Waals surface area (Å²) in [4.78, 5) is 50.9. The van der Waals surface area contributed by atoms with Crippen LogP contribution in [-0.4, -0.2) is 147 Å². The van der Waals surface area contributed by atoms with Crippen LogP contribution in [0.1, 0.15) is 130 Å². The number of benzene rings is 1. The van der Waals surface area contributed by atoms with Gasteiger partial charge in [-0.05, 0) is 25.0 Å². The maximum Gasteiger partial charge on any atom is 0.264 e. The Morgan fingerprint density at radius 2 is 0.950 bits per heavy atom. The van der Waals surface area contributed by atoms with Crippen molar-refractivity contribution in [3.63, 3.8) is 0 Å². The summed E-state index contributed by atoms with van der Waals surface area (Å²) in [6.07, 6.45) is 19.3. The van der Waals surface area contributed by atoms with Crippen LogP contribution in [0.15, 0.2) is 18.2 Å². The van der Waals surface area contributed by atoms with Gasteiger partial charge < -0.3 is 43.2 Å². The number of fused-ring (bicyclic) bond motifs is 1. The van der Waals surface area contributed by atoms with E-state index < -0.39 is 29.7 Å². The zero-order chi connectivity index (χ0) is 42.7. The molecule has 0 bridgehead atoms. The van der Waals surface area contributed by atoms with Crippen LogP contribution in [-0.2, 0) is 47.5 Å². The van der Waals surface area contributed by atoms with Crippen molar-refractivity contribution in [2.24, 2.45) is 0 Å². The first-order valence-electron chi connectivity index (χ1n) is 22.7. The molecule has 15 heteroatoms. The standard InChI is InChI=1S/C45H75N3O12/c1-2-3-4-5-6-7-8-9-10-11-12-13-14-15-22-53-24-26-55-28-30-57-32-34-59-36-37-60-35-33-58-31-29-56-27-25-54-23-21-46-39-18-16-17-38-42(39)45(52)48(44(38)51)40-19-20-41(49)47-43(40)50/h16-18,40,46H,2-15,19-37H2,1H3,(H,47,49,50). The van der Waals surface area contributed by atoms with Gasteiger partial charge in [0.15, 0.2) is 0 Å². The minimum Gasteiger partial charge on any atom is -0.382 e. The van der Waals surface area contributed by atoms with Gasteiger partial charge in [-0.2, -0.15) is 0 Å². The number of imide groups is 2. The number of carbonyl (C=O) groups excluding carboxylic acids is 4. The maximum atomic E-state index is 13.2. The summed E-state index contributed by atoms with van der Waals surface area (Å²) in [7, 11) is 0. The number of anilines is 1. The molecule has 1 unspecified atom stereocenters. The van der Waals surface area contributed by atoms with E-state index in [4.69, 9.17) is 37.9 Å². The first kappa shape index (κ1) is 51.3. The third-order valence-electron chi connectivity index (χ3n) is 10.3. The van der Waals surface area contributed by atoms with Crippen LogP contribution in [0.3, 0.4) is 0 Å². The van der Waals surface area contributed by atoms with Gasteiger partial charge in [0.2, 0.25) is 11.8 Å². The fourth-order valence-corrected chi connectivity index (χ4v) is 6.96. The van der Waals surface area contributed by atoms with Crippen LogP contribution in [0.2, 0.25) is 0 Å². The predicted octanol–water partition coefficient (Wildman–Crippen LogP) is 6.11. The Labute approximate surface area is 358 Å². The quantitative estimate of drug-likeness (QED) is 0.0572. The topological polar surface area (TPSA) is 169 Å². The monoisotopic (exact) mass is 850 g/mol. The Hall–Kier alpha value is -3.02. The average Bonchev–Trinajstić information content (AvgIpc) is 3.50. The molecule has 2 aliphatic rings. The van der Waals surface area contributed by atoms with Gasteiger partial charge in [0.05, 0.1) is 110 Å². The van der Waals surface area contributed by atoms with E-state index in [1.807, 2.05) is 0 Å². The minimum absolute atomic E-state index is 0.0700. The van der Waals surface area contributed by atoms with Gasteiger partial charge in [-0.15, -0.1) is 0 Å². The SMILES string of the molecule is CCCCCCCCCCCCCCCCOCCOCCOCCOCCOCCOCCOCCOCCNc1cccc2c1C(=O)N(C1CCC(=O)NC1=O)C2=O. The lowest BCUT2D eigenvalue weighted by Crippen LogP contribution is -2.54. The number of rotatable bonds is 41. The van der Waals surface area contributed by atoms with Crippen molar-refractivity contribution in [2.45, 2.75) is 116 Å². The number of amides is 4. The third kappa shape index (κ3) is 22.2. The van der Waals surface area contributed by atoms with E-state index in [0.29, 0.717) is 111 Å². The average molecular weight is 850 g/mol. The normalized spacial score (nSPS) is 15.3. The highest BCUT2D eigenvalue weighted by molar-refractivity contribution is 6.25. The van der Waals surface area contributed by atoms with Gasteiger partial charge in [-0.3, -0.25) is 29.4 Å². The smallest absolute Gasteiger partial charge is 0.264 e. The van der Waals surface area contributed by atoms with Gasteiger partial charge in [-0.25, -0.2) is 0 Å². The summed E-state index contributed by atoms with van der Waals surface area (Å²) in [6.45, 7) is 10.7. The van der Waals surface area contributed by atoms with Gasteiger partial charge in [0.25, 0.3) is 11.8 Å². The highest BCUT2D eigenvalue weighted by atomic mass is 16.6. The summed E-state index contributed by atoms with van der Waals surface area (Å²) in [5.74, 6) is -2.15. The van der Waals surface area contributed by atoms with Crippen LogP contribution >= 0.6 is 0 Å². The summed E-state index contributed by atoms with van der Waals surface area (Å²) in [6, 6.07) is 3.93. The second-order valence-electron chi connectivity index (χ2n) is 15.1. The number of nitrogens with one attached hydrogen (secondary N) is 2. The molecular weight excluding hydrogens is 775 g/mol. The van der Waals surface area contributed by atoms with E-state index in [-0.39, 0.29) is 24.0 Å². The molecule has 1 saturated heterocycles. The molecule has 1 atom stereocenters. The Morgan fingerprint density at radius 3 is 1.40 bits per heavy atom. The van der Waals surface area contributed by atoms with Crippen molar-refractivity contribution in [3.8, 4) is 0 Å². The fourth-order valence-electron chi connectivity index (χ4n) is 6.96. The van der Waals surface area contributed by atoms with Crippen molar-refractivity contribution in [2.75, 3.05) is 118 Å². The number of hydrogen-bond donors (Lipinski definition) is 2. The van der Waals surface area contributed by atoms with Crippen molar-refractivity contribution in [1.29, 1.82) is 0 Å². The summed E-state index contributed by atoms with van der Waals surface area (Å²) < 4.78 is 44.5. The van der Waals surface area contributed by atoms with Crippen LogP contribution in [0.4, 0.5) is 5.69 Å². The zero-order valence-electron chi connectivity index (χ0n) is 36.5. The van der Waals surface area contributed by atoms with Gasteiger partial charge in [0, 0.05) is 25.3 Å². The summed E-state index contributed by atoms with van der Waals surface area (Å²) in [5.41, 5.74) is 0.926. The van der Waals surface area contributed by atoms with E-state index in [1.54, 1.807) is 18.2 Å². The van der Waals surface area contributed by atoms with E-state index >= 15 is 0 Å². The van der Waals surface area contributed by atoms with Crippen molar-refractivity contribution >= 4 is 29.3 Å². The zero-order valence-corrected chi connectivity index (χ0v) is 36.5. The number of carbonyl (C=O) groups is 4. The summed E-state index contributed by atoms with van der Waals surface area (Å²) in [5, 5.41) is 5.35. The molecule has 1 aromatic carbocycles. The molecule has 1 fully saturated rings. The van der Waals surface area contributed by atoms with Gasteiger partial charge in [-0.1, -0.05) is 96.5 Å². The first-order chi connectivity index (χ1) is 29.5. The third-order valence-corrected chi connectivity index (χ3v) is 10.3. The predicted molar refractivity (Wildman–Crippen MR) is 228 cm³/mol. The molecule has 3 rings (SSSR count). The minimum atomic E-state index is -1.01. The molecule has 2 N–H and O–H groups in total. The van der Waals surface area contributed by atoms with E-state index in [0.717, 1.165) is 17.9 Å². The van der Waals surface area contributed by atoms with Crippen LogP contribution in [0, 0.1) is 0 Å². The molecular formula is C45H75N3O12. The number of hydrogen-bond acceptors (Lipinski definition) is 13. The molecule has 342 valence electrons. The molecule has 0 aromatic heterocycles. The lowest BCUT2D eigenvalue weighted by molar-refractivity contribution is -0.136. The Kier molecular flexibility index (Phi) is 29.6. The molecule has 1 aromatic rings. The highest BCUT2D eigenvalue weighted by Crippen LogP contribution is 2.32. The van der Waals surface area contributed by atoms with E-state index in [2.05, 4.69) is 17.6 Å². The Balaban J connectivity index is 0.975. The molecule has 0 spiro atoms. The van der Waals surface area contributed by atoms with Gasteiger partial charge in [0.1, 0.15) is 6.04 Å². The molecule has 2 aliphatic heterocycles.